The van der Waals surface area contributed by atoms with Crippen LogP contribution in [-0.2, 0) is 11.2 Å². The molecule has 0 aliphatic rings. The summed E-state index contributed by atoms with van der Waals surface area (Å²) in [4.78, 5) is 27.5. The van der Waals surface area contributed by atoms with Crippen LogP contribution in [0.3, 0.4) is 0 Å². The molecule has 0 unspecified atom stereocenters. The van der Waals surface area contributed by atoms with E-state index >= 15 is 0 Å². The topological polar surface area (TPSA) is 79.3 Å². The van der Waals surface area contributed by atoms with Gasteiger partial charge in [0.1, 0.15) is 21.5 Å². The second-order valence-corrected chi connectivity index (χ2v) is 6.75. The van der Waals surface area contributed by atoms with Crippen molar-refractivity contribution in [3.8, 4) is 10.6 Å². The molecule has 0 saturated heterocycles. The molecule has 5 nitrogen and oxygen atoms in total. The lowest BCUT2D eigenvalue weighted by molar-refractivity contribution is -0.136. The van der Waals surface area contributed by atoms with Gasteiger partial charge in [0.15, 0.2) is 0 Å². The van der Waals surface area contributed by atoms with Gasteiger partial charge < -0.3 is 10.4 Å². The van der Waals surface area contributed by atoms with E-state index in [4.69, 9.17) is 5.11 Å². The first-order chi connectivity index (χ1) is 12.8. The summed E-state index contributed by atoms with van der Waals surface area (Å²) < 4.78 is 27.9. The lowest BCUT2D eigenvalue weighted by Gasteiger charge is -2.05. The summed E-state index contributed by atoms with van der Waals surface area (Å²) in [5.41, 5.74) is 1.17. The minimum absolute atomic E-state index is 0.0880. The van der Waals surface area contributed by atoms with Crippen molar-refractivity contribution in [3.05, 3.63) is 70.2 Å². The maximum absolute atomic E-state index is 13.9. The SMILES string of the molecule is Cc1nc(-c2c(F)cccc2F)sc1C(=O)Nc1ccc(CC(=O)O)cc1. The lowest BCUT2D eigenvalue weighted by Crippen LogP contribution is -2.11. The predicted molar refractivity (Wildman–Crippen MR) is 97.9 cm³/mol. The van der Waals surface area contributed by atoms with Crippen LogP contribution in [0.1, 0.15) is 20.9 Å². The minimum atomic E-state index is -0.944. The smallest absolute Gasteiger partial charge is 0.307 e. The van der Waals surface area contributed by atoms with Gasteiger partial charge in [-0.2, -0.15) is 0 Å². The molecular formula is C19H14F2N2O3S. The molecule has 0 aliphatic carbocycles. The van der Waals surface area contributed by atoms with Gasteiger partial charge in [-0.05, 0) is 36.8 Å². The molecule has 0 radical (unpaired) electrons. The number of anilines is 1. The van der Waals surface area contributed by atoms with Gasteiger partial charge in [-0.3, -0.25) is 9.59 Å². The Bertz CT molecular complexity index is 996. The predicted octanol–water partition coefficient (Wildman–Crippen LogP) is 4.28. The highest BCUT2D eigenvalue weighted by Gasteiger charge is 2.20. The number of carboxylic acids is 1. The van der Waals surface area contributed by atoms with Crippen LogP contribution < -0.4 is 5.32 Å². The molecule has 138 valence electrons. The number of aliphatic carboxylic acids is 1. The Labute approximate surface area is 157 Å². The third-order valence-corrected chi connectivity index (χ3v) is 4.92. The molecule has 3 aromatic rings. The number of halogens is 2. The number of carbonyl (C=O) groups is 2. The van der Waals surface area contributed by atoms with E-state index < -0.39 is 23.5 Å². The molecule has 2 aromatic carbocycles. The van der Waals surface area contributed by atoms with Gasteiger partial charge in [-0.15, -0.1) is 11.3 Å². The summed E-state index contributed by atoms with van der Waals surface area (Å²) in [6, 6.07) is 9.90. The first-order valence-corrected chi connectivity index (χ1v) is 8.70. The molecule has 8 heteroatoms. The number of hydrogen-bond donors (Lipinski definition) is 2. The number of nitrogens with zero attached hydrogens (tertiary/aromatic N) is 1. The van der Waals surface area contributed by atoms with Gasteiger partial charge in [-0.25, -0.2) is 13.8 Å². The van der Waals surface area contributed by atoms with E-state index in [2.05, 4.69) is 10.3 Å². The standard InChI is InChI=1S/C19H14F2N2O3S/c1-10-17(27-19(22-10)16-13(20)3-2-4-14(16)21)18(26)23-12-7-5-11(6-8-12)9-15(24)25/h2-8H,9H2,1H3,(H,23,26)(H,24,25). The van der Waals surface area contributed by atoms with Crippen molar-refractivity contribution in [1.82, 2.24) is 4.98 Å². The lowest BCUT2D eigenvalue weighted by atomic mass is 10.1. The number of benzene rings is 2. The Morgan fingerprint density at radius 2 is 1.74 bits per heavy atom. The highest BCUT2D eigenvalue weighted by molar-refractivity contribution is 7.17. The second-order valence-electron chi connectivity index (χ2n) is 5.75. The fraction of sp³-hybridized carbons (Fsp3) is 0.105. The number of rotatable bonds is 5. The number of thiazole rings is 1. The zero-order valence-electron chi connectivity index (χ0n) is 14.1. The highest BCUT2D eigenvalue weighted by Crippen LogP contribution is 2.32. The first kappa shape index (κ1) is 18.7. The van der Waals surface area contributed by atoms with E-state index in [1.807, 2.05) is 0 Å². The summed E-state index contributed by atoms with van der Waals surface area (Å²) in [5.74, 6) is -2.89. The molecule has 27 heavy (non-hydrogen) atoms. The van der Waals surface area contributed by atoms with Gasteiger partial charge in [0, 0.05) is 5.69 Å². The van der Waals surface area contributed by atoms with Gasteiger partial charge in [0.05, 0.1) is 17.7 Å². The molecule has 1 aromatic heterocycles. The van der Waals surface area contributed by atoms with Crippen molar-refractivity contribution in [2.75, 3.05) is 5.32 Å². The van der Waals surface area contributed by atoms with Crippen molar-refractivity contribution in [2.45, 2.75) is 13.3 Å². The van der Waals surface area contributed by atoms with Crippen LogP contribution >= 0.6 is 11.3 Å². The Hall–Kier alpha value is -3.13. The monoisotopic (exact) mass is 388 g/mol. The number of carboxylic acid groups (broad SMARTS) is 1. The van der Waals surface area contributed by atoms with Gasteiger partial charge in [0.25, 0.3) is 5.91 Å². The number of amides is 1. The summed E-state index contributed by atoms with van der Waals surface area (Å²) in [5, 5.41) is 11.5. The Balaban J connectivity index is 1.82. The largest absolute Gasteiger partial charge is 0.481 e. The summed E-state index contributed by atoms with van der Waals surface area (Å²) in [6.45, 7) is 1.59. The number of carbonyl (C=O) groups excluding carboxylic acids is 1. The van der Waals surface area contributed by atoms with Crippen molar-refractivity contribution in [2.24, 2.45) is 0 Å². The fourth-order valence-electron chi connectivity index (χ4n) is 2.48. The van der Waals surface area contributed by atoms with Crippen LogP contribution in [0, 0.1) is 18.6 Å². The second kappa shape index (κ2) is 7.63. The van der Waals surface area contributed by atoms with Crippen molar-refractivity contribution in [3.63, 3.8) is 0 Å². The molecule has 0 bridgehead atoms. The first-order valence-electron chi connectivity index (χ1n) is 7.89. The number of aromatic nitrogens is 1. The van der Waals surface area contributed by atoms with E-state index in [0.29, 0.717) is 16.9 Å². The summed E-state index contributed by atoms with van der Waals surface area (Å²) in [6.07, 6.45) is -0.111. The third-order valence-electron chi connectivity index (χ3n) is 3.75. The number of nitrogens with one attached hydrogen (secondary N) is 1. The maximum Gasteiger partial charge on any atom is 0.307 e. The Kier molecular flexibility index (Phi) is 5.27. The van der Waals surface area contributed by atoms with E-state index in [1.54, 1.807) is 31.2 Å². The van der Waals surface area contributed by atoms with Crippen LogP contribution in [-0.4, -0.2) is 22.0 Å². The molecule has 1 amide bonds. The van der Waals surface area contributed by atoms with E-state index in [-0.39, 0.29) is 21.9 Å². The third kappa shape index (κ3) is 4.17. The van der Waals surface area contributed by atoms with Crippen molar-refractivity contribution < 1.29 is 23.5 Å². The molecule has 0 saturated carbocycles. The minimum Gasteiger partial charge on any atom is -0.481 e. The highest BCUT2D eigenvalue weighted by atomic mass is 32.1. The molecular weight excluding hydrogens is 374 g/mol. The number of aryl methyl sites for hydroxylation is 1. The van der Waals surface area contributed by atoms with E-state index in [9.17, 15) is 18.4 Å². The van der Waals surface area contributed by atoms with Crippen LogP contribution in [0.4, 0.5) is 14.5 Å². The molecule has 3 rings (SSSR count). The number of hydrogen-bond acceptors (Lipinski definition) is 4. The Morgan fingerprint density at radius 1 is 1.11 bits per heavy atom. The fourth-order valence-corrected chi connectivity index (χ4v) is 3.49. The maximum atomic E-state index is 13.9. The molecule has 0 atom stereocenters. The van der Waals surface area contributed by atoms with Gasteiger partial charge in [0.2, 0.25) is 0 Å². The van der Waals surface area contributed by atoms with Gasteiger partial charge >= 0.3 is 5.97 Å². The van der Waals surface area contributed by atoms with Gasteiger partial charge in [-0.1, -0.05) is 18.2 Å². The van der Waals surface area contributed by atoms with Crippen LogP contribution in [0.2, 0.25) is 0 Å². The zero-order valence-corrected chi connectivity index (χ0v) is 14.9. The van der Waals surface area contributed by atoms with Crippen LogP contribution in [0.25, 0.3) is 10.6 Å². The average molecular weight is 388 g/mol. The normalized spacial score (nSPS) is 10.6. The van der Waals surface area contributed by atoms with E-state index in [1.165, 1.54) is 6.07 Å². The van der Waals surface area contributed by atoms with E-state index in [0.717, 1.165) is 23.5 Å². The Morgan fingerprint density at radius 3 is 2.33 bits per heavy atom. The molecule has 1 heterocycles. The summed E-state index contributed by atoms with van der Waals surface area (Å²) >= 11 is 0.899. The molecule has 0 spiro atoms. The zero-order chi connectivity index (χ0) is 19.6. The molecule has 0 aliphatic heterocycles. The van der Waals surface area contributed by atoms with Crippen molar-refractivity contribution >= 4 is 28.9 Å². The van der Waals surface area contributed by atoms with Crippen molar-refractivity contribution in [1.29, 1.82) is 0 Å². The molecule has 2 N–H and O–H groups in total. The quantitative estimate of drug-likeness (QED) is 0.684. The average Bonchev–Trinajstić information content (AvgIpc) is 2.97. The van der Waals surface area contributed by atoms with Crippen LogP contribution in [0.15, 0.2) is 42.5 Å². The molecule has 0 fully saturated rings. The summed E-state index contributed by atoms with van der Waals surface area (Å²) in [7, 11) is 0. The van der Waals surface area contributed by atoms with Crippen LogP contribution in [0.5, 0.6) is 0 Å².